The Morgan fingerprint density at radius 3 is 3.30 bits per heavy atom. The van der Waals surface area contributed by atoms with Gasteiger partial charge in [0.05, 0.1) is 6.54 Å². The van der Waals surface area contributed by atoms with Crippen molar-refractivity contribution in [2.75, 3.05) is 0 Å². The first-order valence-electron chi connectivity index (χ1n) is 2.93. The summed E-state index contributed by atoms with van der Waals surface area (Å²) in [6.45, 7) is 6.01. The van der Waals surface area contributed by atoms with Crippen LogP contribution in [0.3, 0.4) is 0 Å². The van der Waals surface area contributed by atoms with Gasteiger partial charge in [-0.15, -0.1) is 11.3 Å². The van der Waals surface area contributed by atoms with E-state index in [9.17, 15) is 0 Å². The molecule has 1 aromatic rings. The number of hydrazone groups is 1. The SMILES string of the molecule is C=NNCc1ncc(C)s1.[HH]. The number of aryl methyl sites for hydroxylation is 1. The highest BCUT2D eigenvalue weighted by molar-refractivity contribution is 7.11. The van der Waals surface area contributed by atoms with Crippen molar-refractivity contribution in [3.63, 3.8) is 0 Å². The molecule has 0 aliphatic carbocycles. The van der Waals surface area contributed by atoms with Crippen LogP contribution in [0.15, 0.2) is 11.3 Å². The molecular formula is C6H11N3S. The maximum absolute atomic E-state index is 4.12. The summed E-state index contributed by atoms with van der Waals surface area (Å²) < 4.78 is 0. The van der Waals surface area contributed by atoms with Crippen molar-refractivity contribution in [3.05, 3.63) is 16.1 Å². The van der Waals surface area contributed by atoms with E-state index < -0.39 is 0 Å². The third kappa shape index (κ3) is 1.80. The van der Waals surface area contributed by atoms with E-state index in [1.165, 1.54) is 4.88 Å². The van der Waals surface area contributed by atoms with Crippen LogP contribution in [0.5, 0.6) is 0 Å². The summed E-state index contributed by atoms with van der Waals surface area (Å²) >= 11 is 1.67. The van der Waals surface area contributed by atoms with Crippen LogP contribution < -0.4 is 5.43 Å². The smallest absolute Gasteiger partial charge is 0.114 e. The second-order valence-electron chi connectivity index (χ2n) is 1.86. The summed E-state index contributed by atoms with van der Waals surface area (Å²) in [5, 5.41) is 4.55. The Morgan fingerprint density at radius 1 is 2.00 bits per heavy atom. The van der Waals surface area contributed by atoms with Gasteiger partial charge in [0.25, 0.3) is 0 Å². The van der Waals surface area contributed by atoms with Gasteiger partial charge in [0.1, 0.15) is 5.01 Å². The van der Waals surface area contributed by atoms with Gasteiger partial charge in [-0.2, -0.15) is 5.10 Å². The van der Waals surface area contributed by atoms with E-state index in [-0.39, 0.29) is 1.43 Å². The summed E-state index contributed by atoms with van der Waals surface area (Å²) in [5.74, 6) is 0. The normalized spacial score (nSPS) is 9.30. The first-order chi connectivity index (χ1) is 4.83. The number of thiazole rings is 1. The van der Waals surface area contributed by atoms with Crippen LogP contribution in [-0.4, -0.2) is 11.7 Å². The zero-order chi connectivity index (χ0) is 7.40. The second-order valence-corrected chi connectivity index (χ2v) is 3.18. The molecule has 0 spiro atoms. The lowest BCUT2D eigenvalue weighted by atomic mass is 10.6. The number of aromatic nitrogens is 1. The van der Waals surface area contributed by atoms with E-state index in [4.69, 9.17) is 0 Å². The van der Waals surface area contributed by atoms with Crippen molar-refractivity contribution in [2.24, 2.45) is 5.10 Å². The van der Waals surface area contributed by atoms with Gasteiger partial charge >= 0.3 is 0 Å². The highest BCUT2D eigenvalue weighted by Gasteiger charge is 1.94. The Kier molecular flexibility index (Phi) is 2.39. The van der Waals surface area contributed by atoms with Gasteiger partial charge in [0, 0.05) is 19.2 Å². The highest BCUT2D eigenvalue weighted by atomic mass is 32.1. The monoisotopic (exact) mass is 157 g/mol. The largest absolute Gasteiger partial charge is 0.304 e. The molecule has 1 N–H and O–H groups in total. The maximum Gasteiger partial charge on any atom is 0.114 e. The lowest BCUT2D eigenvalue weighted by molar-refractivity contribution is 0.745. The van der Waals surface area contributed by atoms with Gasteiger partial charge in [-0.3, -0.25) is 0 Å². The van der Waals surface area contributed by atoms with Gasteiger partial charge in [-0.05, 0) is 6.92 Å². The van der Waals surface area contributed by atoms with Crippen LogP contribution in [0.2, 0.25) is 0 Å². The molecule has 0 bridgehead atoms. The minimum atomic E-state index is 0. The molecule has 4 heteroatoms. The minimum Gasteiger partial charge on any atom is -0.304 e. The number of nitrogens with zero attached hydrogens (tertiary/aromatic N) is 2. The van der Waals surface area contributed by atoms with E-state index in [1.807, 2.05) is 13.1 Å². The second kappa shape index (κ2) is 3.31. The fraction of sp³-hybridized carbons (Fsp3) is 0.333. The number of hydrogen-bond donors (Lipinski definition) is 1. The molecule has 3 nitrogen and oxygen atoms in total. The van der Waals surface area contributed by atoms with E-state index in [0.29, 0.717) is 6.54 Å². The number of hydrogen-bond acceptors (Lipinski definition) is 4. The van der Waals surface area contributed by atoms with Gasteiger partial charge < -0.3 is 5.43 Å². The molecule has 1 aromatic heterocycles. The topological polar surface area (TPSA) is 37.3 Å². The van der Waals surface area contributed by atoms with Crippen LogP contribution in [0.25, 0.3) is 0 Å². The Morgan fingerprint density at radius 2 is 2.80 bits per heavy atom. The molecule has 10 heavy (non-hydrogen) atoms. The number of rotatable bonds is 3. The molecule has 0 aromatic carbocycles. The molecule has 0 radical (unpaired) electrons. The Bertz CT molecular complexity index is 223. The molecule has 0 atom stereocenters. The third-order valence-corrected chi connectivity index (χ3v) is 1.92. The average molecular weight is 157 g/mol. The first kappa shape index (κ1) is 7.21. The molecule has 0 unspecified atom stereocenters. The fourth-order valence-electron chi connectivity index (χ4n) is 0.607. The zero-order valence-electron chi connectivity index (χ0n) is 5.79. The van der Waals surface area contributed by atoms with Crippen molar-refractivity contribution < 1.29 is 1.43 Å². The van der Waals surface area contributed by atoms with Gasteiger partial charge in [-0.1, -0.05) is 0 Å². The summed E-state index contributed by atoms with van der Waals surface area (Å²) in [7, 11) is 0. The molecule has 0 amide bonds. The Balaban J connectivity index is 0.000001000. The molecule has 1 heterocycles. The van der Waals surface area contributed by atoms with Crippen LogP contribution in [0.1, 0.15) is 11.3 Å². The molecule has 0 saturated carbocycles. The first-order valence-corrected chi connectivity index (χ1v) is 3.74. The molecule has 0 saturated heterocycles. The van der Waals surface area contributed by atoms with Crippen LogP contribution >= 0.6 is 11.3 Å². The quantitative estimate of drug-likeness (QED) is 0.532. The van der Waals surface area contributed by atoms with Crippen molar-refractivity contribution in [2.45, 2.75) is 13.5 Å². The summed E-state index contributed by atoms with van der Waals surface area (Å²) in [6.07, 6.45) is 1.85. The average Bonchev–Trinajstić information content (AvgIpc) is 2.31. The van der Waals surface area contributed by atoms with E-state index in [1.54, 1.807) is 11.3 Å². The molecular weight excluding hydrogens is 146 g/mol. The van der Waals surface area contributed by atoms with E-state index >= 15 is 0 Å². The summed E-state index contributed by atoms with van der Waals surface area (Å²) in [4.78, 5) is 5.34. The highest BCUT2D eigenvalue weighted by Crippen LogP contribution is 2.09. The predicted molar refractivity (Wildman–Crippen MR) is 45.4 cm³/mol. The Labute approximate surface area is 65.3 Å². The Hall–Kier alpha value is -0.900. The number of nitrogens with one attached hydrogen (secondary N) is 1. The van der Waals surface area contributed by atoms with Crippen LogP contribution in [0.4, 0.5) is 0 Å². The molecule has 1 rings (SSSR count). The summed E-state index contributed by atoms with van der Waals surface area (Å²) in [5.41, 5.74) is 2.74. The fourth-order valence-corrected chi connectivity index (χ4v) is 1.33. The summed E-state index contributed by atoms with van der Waals surface area (Å²) in [6, 6.07) is 0. The maximum atomic E-state index is 4.12. The molecule has 56 valence electrons. The predicted octanol–water partition coefficient (Wildman–Crippen LogP) is 1.40. The van der Waals surface area contributed by atoms with Crippen LogP contribution in [0, 0.1) is 6.92 Å². The lowest BCUT2D eigenvalue weighted by Crippen LogP contribution is -2.02. The third-order valence-electron chi connectivity index (χ3n) is 1.01. The van der Waals surface area contributed by atoms with Crippen molar-refractivity contribution in [1.82, 2.24) is 10.4 Å². The minimum absolute atomic E-state index is 0. The van der Waals surface area contributed by atoms with E-state index in [0.717, 1.165) is 5.01 Å². The van der Waals surface area contributed by atoms with Crippen LogP contribution in [-0.2, 0) is 6.54 Å². The van der Waals surface area contributed by atoms with Gasteiger partial charge in [-0.25, -0.2) is 4.98 Å². The zero-order valence-corrected chi connectivity index (χ0v) is 6.61. The molecule has 0 aliphatic heterocycles. The molecule has 0 aliphatic rings. The van der Waals surface area contributed by atoms with Crippen molar-refractivity contribution in [1.29, 1.82) is 0 Å². The van der Waals surface area contributed by atoms with E-state index in [2.05, 4.69) is 22.2 Å². The van der Waals surface area contributed by atoms with Gasteiger partial charge in [0.2, 0.25) is 0 Å². The van der Waals surface area contributed by atoms with Crippen molar-refractivity contribution >= 4 is 18.1 Å². The lowest BCUT2D eigenvalue weighted by Gasteiger charge is -1.91. The van der Waals surface area contributed by atoms with Gasteiger partial charge in [0.15, 0.2) is 0 Å². The van der Waals surface area contributed by atoms with Crippen molar-refractivity contribution in [3.8, 4) is 0 Å². The molecule has 0 fully saturated rings. The standard InChI is InChI=1S/C6H9N3S.H2/c1-5-3-8-6(10-5)4-9-7-2;/h3,9H,2,4H2,1H3;1H.